The molecule has 5 heteroatoms. The van der Waals surface area contributed by atoms with Crippen molar-refractivity contribution < 1.29 is 9.84 Å². The van der Waals surface area contributed by atoms with Gasteiger partial charge in [0.25, 0.3) is 0 Å². The van der Waals surface area contributed by atoms with Gasteiger partial charge in [-0.1, -0.05) is 26.8 Å². The molecule has 5 nitrogen and oxygen atoms in total. The van der Waals surface area contributed by atoms with Crippen molar-refractivity contribution in [3.63, 3.8) is 0 Å². The van der Waals surface area contributed by atoms with Gasteiger partial charge in [-0.3, -0.25) is 0 Å². The van der Waals surface area contributed by atoms with Gasteiger partial charge in [0.2, 0.25) is 0 Å². The van der Waals surface area contributed by atoms with Crippen LogP contribution in [0.4, 0.5) is 0 Å². The molecule has 1 heterocycles. The number of aromatic hydroxyl groups is 1. The molecule has 0 saturated heterocycles. The summed E-state index contributed by atoms with van der Waals surface area (Å²) in [5.74, 6) is 0.929. The van der Waals surface area contributed by atoms with E-state index in [2.05, 4.69) is 31.0 Å². The van der Waals surface area contributed by atoms with Crippen molar-refractivity contribution in [1.82, 2.24) is 15.0 Å². The summed E-state index contributed by atoms with van der Waals surface area (Å²) in [5, 5.41) is 19.3. The molecule has 0 spiro atoms. The first kappa shape index (κ1) is 16.3. The van der Waals surface area contributed by atoms with Crippen molar-refractivity contribution in [1.29, 1.82) is 0 Å². The largest absolute Gasteiger partial charge is 0.506 e. The van der Waals surface area contributed by atoms with Crippen LogP contribution in [0, 0.1) is 0 Å². The van der Waals surface area contributed by atoms with Crippen LogP contribution in [0.2, 0.25) is 0 Å². The fourth-order valence-corrected chi connectivity index (χ4v) is 2.57. The topological polar surface area (TPSA) is 60.2 Å². The lowest BCUT2D eigenvalue weighted by molar-refractivity contribution is 0.340. The molecule has 0 aliphatic rings. The maximum absolute atomic E-state index is 10.3. The first-order valence-corrected chi connectivity index (χ1v) is 8.28. The van der Waals surface area contributed by atoms with Crippen molar-refractivity contribution in [3.05, 3.63) is 42.0 Å². The summed E-state index contributed by atoms with van der Waals surface area (Å²) in [6, 6.07) is 11.2. The minimum atomic E-state index is 0.0250. The highest BCUT2D eigenvalue weighted by Crippen LogP contribution is 2.32. The normalized spacial score (nSPS) is 11.8. The molecule has 0 amide bonds. The molecule has 0 fully saturated rings. The SMILES string of the molecule is CCOc1ccc2nn(-c3cc(C(C)(C)CC)ccc3O)nc2c1. The predicted molar refractivity (Wildman–Crippen MR) is 95.0 cm³/mol. The number of hydrogen-bond donors (Lipinski definition) is 1. The Hall–Kier alpha value is -2.56. The van der Waals surface area contributed by atoms with Gasteiger partial charge in [0.05, 0.1) is 6.61 Å². The van der Waals surface area contributed by atoms with Gasteiger partial charge in [0, 0.05) is 6.07 Å². The predicted octanol–water partition coefficient (Wildman–Crippen LogP) is 4.21. The third-order valence-electron chi connectivity index (χ3n) is 4.52. The van der Waals surface area contributed by atoms with Crippen LogP contribution in [-0.4, -0.2) is 26.7 Å². The Morgan fingerprint density at radius 2 is 1.79 bits per heavy atom. The summed E-state index contributed by atoms with van der Waals surface area (Å²) < 4.78 is 5.50. The first-order valence-electron chi connectivity index (χ1n) is 8.28. The Balaban J connectivity index is 2.08. The van der Waals surface area contributed by atoms with E-state index >= 15 is 0 Å². The zero-order chi connectivity index (χ0) is 17.3. The Bertz CT molecular complexity index is 868. The highest BCUT2D eigenvalue weighted by Gasteiger charge is 2.20. The number of phenolic OH excluding ortho intramolecular Hbond substituents is 1. The second-order valence-electron chi connectivity index (χ2n) is 6.51. The van der Waals surface area contributed by atoms with Crippen LogP contribution in [-0.2, 0) is 5.41 Å². The van der Waals surface area contributed by atoms with Gasteiger partial charge in [-0.05, 0) is 48.6 Å². The van der Waals surface area contributed by atoms with Gasteiger partial charge in [0.1, 0.15) is 28.2 Å². The number of phenols is 1. The highest BCUT2D eigenvalue weighted by atomic mass is 16.5. The van der Waals surface area contributed by atoms with Gasteiger partial charge in [-0.25, -0.2) is 0 Å². The van der Waals surface area contributed by atoms with E-state index in [1.165, 1.54) is 4.80 Å². The van der Waals surface area contributed by atoms with Crippen molar-refractivity contribution in [2.24, 2.45) is 0 Å². The number of benzene rings is 2. The van der Waals surface area contributed by atoms with E-state index in [1.807, 2.05) is 37.3 Å². The van der Waals surface area contributed by atoms with Gasteiger partial charge >= 0.3 is 0 Å². The molecule has 0 aliphatic heterocycles. The van der Waals surface area contributed by atoms with Crippen LogP contribution < -0.4 is 4.74 Å². The average molecular weight is 325 g/mol. The number of nitrogens with zero attached hydrogens (tertiary/aromatic N) is 3. The molecule has 1 aromatic heterocycles. The molecule has 3 rings (SSSR count). The summed E-state index contributed by atoms with van der Waals surface area (Å²) in [6.07, 6.45) is 1.00. The monoisotopic (exact) mass is 325 g/mol. The van der Waals surface area contributed by atoms with Crippen molar-refractivity contribution in [2.45, 2.75) is 39.5 Å². The zero-order valence-electron chi connectivity index (χ0n) is 14.6. The lowest BCUT2D eigenvalue weighted by Gasteiger charge is -2.24. The molecule has 1 N–H and O–H groups in total. The third kappa shape index (κ3) is 2.94. The summed E-state index contributed by atoms with van der Waals surface area (Å²) in [4.78, 5) is 1.49. The van der Waals surface area contributed by atoms with Gasteiger partial charge < -0.3 is 9.84 Å². The molecular weight excluding hydrogens is 302 g/mol. The number of fused-ring (bicyclic) bond motifs is 1. The standard InChI is InChI=1S/C19H23N3O2/c1-5-19(3,4)13-7-10-18(23)17(11-13)22-20-15-9-8-14(24-6-2)12-16(15)21-22/h7-12,23H,5-6H2,1-4H3. The van der Waals surface area contributed by atoms with E-state index in [9.17, 15) is 5.11 Å². The molecule has 24 heavy (non-hydrogen) atoms. The summed E-state index contributed by atoms with van der Waals surface area (Å²) in [7, 11) is 0. The van der Waals surface area contributed by atoms with E-state index in [1.54, 1.807) is 6.07 Å². The Morgan fingerprint density at radius 3 is 2.50 bits per heavy atom. The average Bonchev–Trinajstić information content (AvgIpc) is 2.98. The van der Waals surface area contributed by atoms with Crippen LogP contribution >= 0.6 is 0 Å². The van der Waals surface area contributed by atoms with E-state index in [-0.39, 0.29) is 11.2 Å². The van der Waals surface area contributed by atoms with Gasteiger partial charge in [-0.15, -0.1) is 15.0 Å². The van der Waals surface area contributed by atoms with E-state index in [0.29, 0.717) is 12.3 Å². The molecule has 0 aliphatic carbocycles. The summed E-state index contributed by atoms with van der Waals surface area (Å²) in [6.45, 7) is 9.08. The lowest BCUT2D eigenvalue weighted by Crippen LogP contribution is -2.16. The second-order valence-corrected chi connectivity index (χ2v) is 6.51. The van der Waals surface area contributed by atoms with Crippen LogP contribution in [0.25, 0.3) is 16.7 Å². The van der Waals surface area contributed by atoms with Crippen molar-refractivity contribution in [2.75, 3.05) is 6.61 Å². The summed E-state index contributed by atoms with van der Waals surface area (Å²) in [5.41, 5.74) is 3.26. The molecule has 0 unspecified atom stereocenters. The molecule has 0 bridgehead atoms. The Kier molecular flexibility index (Phi) is 4.18. The van der Waals surface area contributed by atoms with Crippen LogP contribution in [0.15, 0.2) is 36.4 Å². The second kappa shape index (κ2) is 6.15. The fourth-order valence-electron chi connectivity index (χ4n) is 2.57. The molecule has 0 radical (unpaired) electrons. The molecular formula is C19H23N3O2. The van der Waals surface area contributed by atoms with Crippen LogP contribution in [0.3, 0.4) is 0 Å². The number of rotatable bonds is 5. The third-order valence-corrected chi connectivity index (χ3v) is 4.52. The van der Waals surface area contributed by atoms with E-state index in [4.69, 9.17) is 4.74 Å². The Morgan fingerprint density at radius 1 is 1.04 bits per heavy atom. The van der Waals surface area contributed by atoms with E-state index < -0.39 is 0 Å². The van der Waals surface area contributed by atoms with E-state index in [0.717, 1.165) is 28.8 Å². The minimum Gasteiger partial charge on any atom is -0.506 e. The molecule has 2 aromatic carbocycles. The first-order chi connectivity index (χ1) is 11.4. The lowest BCUT2D eigenvalue weighted by atomic mass is 9.82. The number of ether oxygens (including phenoxy) is 1. The zero-order valence-corrected chi connectivity index (χ0v) is 14.6. The number of hydrogen-bond acceptors (Lipinski definition) is 4. The highest BCUT2D eigenvalue weighted by molar-refractivity contribution is 5.75. The van der Waals surface area contributed by atoms with Crippen LogP contribution in [0.5, 0.6) is 11.5 Å². The van der Waals surface area contributed by atoms with Gasteiger partial charge in [0.15, 0.2) is 0 Å². The fraction of sp³-hybridized carbons (Fsp3) is 0.368. The molecule has 126 valence electrons. The molecule has 3 aromatic rings. The quantitative estimate of drug-likeness (QED) is 0.763. The maximum atomic E-state index is 10.3. The smallest absolute Gasteiger partial charge is 0.143 e. The number of aromatic nitrogens is 3. The van der Waals surface area contributed by atoms with Crippen molar-refractivity contribution >= 4 is 11.0 Å². The molecule has 0 atom stereocenters. The summed E-state index contributed by atoms with van der Waals surface area (Å²) >= 11 is 0. The van der Waals surface area contributed by atoms with Gasteiger partial charge in [-0.2, -0.15) is 0 Å². The molecule has 0 saturated carbocycles. The van der Waals surface area contributed by atoms with Crippen molar-refractivity contribution in [3.8, 4) is 17.2 Å². The maximum Gasteiger partial charge on any atom is 0.143 e. The minimum absolute atomic E-state index is 0.0250. The Labute approximate surface area is 141 Å². The van der Waals surface area contributed by atoms with Crippen LogP contribution in [0.1, 0.15) is 39.7 Å².